The van der Waals surface area contributed by atoms with Crippen LogP contribution in [0.25, 0.3) is 0 Å². The summed E-state index contributed by atoms with van der Waals surface area (Å²) in [5, 5.41) is 3.48. The molecule has 2 heteroatoms. The molecule has 0 rings (SSSR count). The lowest BCUT2D eigenvalue weighted by Crippen LogP contribution is -2.36. The molecule has 0 aliphatic rings. The van der Waals surface area contributed by atoms with E-state index in [0.717, 1.165) is 19.4 Å². The number of carbonyl (C=O) groups excluding carboxylic acids is 1. The molecule has 0 aromatic carbocycles. The summed E-state index contributed by atoms with van der Waals surface area (Å²) < 4.78 is 0. The fourth-order valence-corrected chi connectivity index (χ4v) is 1.60. The van der Waals surface area contributed by atoms with Crippen molar-refractivity contribution in [3.63, 3.8) is 0 Å². The normalized spacial score (nSPS) is 12.8. The van der Waals surface area contributed by atoms with Crippen molar-refractivity contribution in [1.29, 1.82) is 0 Å². The van der Waals surface area contributed by atoms with Crippen molar-refractivity contribution in [1.82, 2.24) is 5.32 Å². The Kier molecular flexibility index (Phi) is 6.99. The first-order valence-electron chi connectivity index (χ1n) is 6.91. The monoisotopic (exact) mass is 241 g/mol. The minimum Gasteiger partial charge on any atom is -0.312 e. The molecule has 0 aromatic rings. The molecular formula is C15H31NO. The van der Waals surface area contributed by atoms with Crippen LogP contribution in [0.1, 0.15) is 73.6 Å². The zero-order chi connectivity index (χ0) is 13.5. The second-order valence-corrected chi connectivity index (χ2v) is 7.01. The SMILES string of the molecule is CC(C)(C)NCCCCCCC(=O)C(C)(C)C. The standard InChI is InChI=1S/C15H31NO/c1-14(2,3)13(17)11-9-7-8-10-12-16-15(4,5)6/h16H,7-12H2,1-6H3. The van der Waals surface area contributed by atoms with Gasteiger partial charge in [0.2, 0.25) is 0 Å². The summed E-state index contributed by atoms with van der Waals surface area (Å²) in [6, 6.07) is 0. The smallest absolute Gasteiger partial charge is 0.138 e. The van der Waals surface area contributed by atoms with E-state index in [2.05, 4.69) is 26.1 Å². The molecule has 1 N–H and O–H groups in total. The molecule has 0 saturated carbocycles. The molecule has 17 heavy (non-hydrogen) atoms. The third-order valence-corrected chi connectivity index (χ3v) is 2.82. The Morgan fingerprint density at radius 3 is 1.88 bits per heavy atom. The van der Waals surface area contributed by atoms with Crippen molar-refractivity contribution >= 4 is 5.78 Å². The molecule has 0 atom stereocenters. The molecule has 0 unspecified atom stereocenters. The van der Waals surface area contributed by atoms with Crippen LogP contribution >= 0.6 is 0 Å². The van der Waals surface area contributed by atoms with E-state index in [1.54, 1.807) is 0 Å². The molecule has 0 spiro atoms. The van der Waals surface area contributed by atoms with Crippen molar-refractivity contribution in [2.75, 3.05) is 6.54 Å². The Balaban J connectivity index is 3.39. The molecule has 0 radical (unpaired) electrons. The maximum atomic E-state index is 11.7. The van der Waals surface area contributed by atoms with Crippen molar-refractivity contribution in [3.05, 3.63) is 0 Å². The van der Waals surface area contributed by atoms with Gasteiger partial charge in [0.05, 0.1) is 0 Å². The minimum atomic E-state index is -0.159. The van der Waals surface area contributed by atoms with Gasteiger partial charge in [-0.3, -0.25) is 4.79 Å². The van der Waals surface area contributed by atoms with Crippen LogP contribution in [0.2, 0.25) is 0 Å². The third-order valence-electron chi connectivity index (χ3n) is 2.82. The summed E-state index contributed by atoms with van der Waals surface area (Å²) >= 11 is 0. The fourth-order valence-electron chi connectivity index (χ4n) is 1.60. The first-order valence-corrected chi connectivity index (χ1v) is 6.91. The number of ketones is 1. The predicted octanol–water partition coefficient (Wildman–Crippen LogP) is 3.94. The van der Waals surface area contributed by atoms with Crippen LogP contribution in [0.5, 0.6) is 0 Å². The van der Waals surface area contributed by atoms with E-state index in [4.69, 9.17) is 0 Å². The average molecular weight is 241 g/mol. The molecular weight excluding hydrogens is 210 g/mol. The maximum absolute atomic E-state index is 11.7. The Bertz CT molecular complexity index is 220. The molecule has 0 saturated heterocycles. The highest BCUT2D eigenvalue weighted by Crippen LogP contribution is 2.18. The van der Waals surface area contributed by atoms with E-state index >= 15 is 0 Å². The van der Waals surface area contributed by atoms with Crippen LogP contribution in [0.4, 0.5) is 0 Å². The van der Waals surface area contributed by atoms with Crippen LogP contribution in [0.15, 0.2) is 0 Å². The van der Waals surface area contributed by atoms with Gasteiger partial charge in [0.25, 0.3) is 0 Å². The number of carbonyl (C=O) groups is 1. The quantitative estimate of drug-likeness (QED) is 0.684. The summed E-state index contributed by atoms with van der Waals surface area (Å²) in [5.41, 5.74) is 0.0655. The van der Waals surface area contributed by atoms with Gasteiger partial charge in [0.15, 0.2) is 0 Å². The van der Waals surface area contributed by atoms with Gasteiger partial charge in [-0.2, -0.15) is 0 Å². The van der Waals surface area contributed by atoms with E-state index in [-0.39, 0.29) is 11.0 Å². The van der Waals surface area contributed by atoms with Crippen LogP contribution in [0.3, 0.4) is 0 Å². The molecule has 0 aromatic heterocycles. The first-order chi connectivity index (χ1) is 7.63. The lowest BCUT2D eigenvalue weighted by atomic mass is 9.88. The number of unbranched alkanes of at least 4 members (excludes halogenated alkanes) is 3. The number of nitrogens with one attached hydrogen (secondary N) is 1. The molecule has 0 bridgehead atoms. The van der Waals surface area contributed by atoms with Crippen LogP contribution < -0.4 is 5.32 Å². The average Bonchev–Trinajstić information content (AvgIpc) is 2.12. The van der Waals surface area contributed by atoms with Crippen LogP contribution in [-0.2, 0) is 4.79 Å². The molecule has 0 fully saturated rings. The van der Waals surface area contributed by atoms with E-state index in [0.29, 0.717) is 5.78 Å². The Morgan fingerprint density at radius 1 is 0.882 bits per heavy atom. The molecule has 0 heterocycles. The maximum Gasteiger partial charge on any atom is 0.138 e. The number of Topliss-reactive ketones (excluding diaryl/α,β-unsaturated/α-hetero) is 1. The highest BCUT2D eigenvalue weighted by Gasteiger charge is 2.19. The molecule has 0 amide bonds. The number of rotatable bonds is 7. The summed E-state index contributed by atoms with van der Waals surface area (Å²) in [6.07, 6.45) is 5.40. The van der Waals surface area contributed by atoms with Gasteiger partial charge in [-0.15, -0.1) is 0 Å². The van der Waals surface area contributed by atoms with Crippen molar-refractivity contribution < 1.29 is 4.79 Å². The Hall–Kier alpha value is -0.370. The van der Waals surface area contributed by atoms with Crippen LogP contribution in [-0.4, -0.2) is 17.9 Å². The number of hydrogen-bond donors (Lipinski definition) is 1. The van der Waals surface area contributed by atoms with Gasteiger partial charge in [-0.05, 0) is 40.2 Å². The van der Waals surface area contributed by atoms with Crippen molar-refractivity contribution in [2.24, 2.45) is 5.41 Å². The highest BCUT2D eigenvalue weighted by atomic mass is 16.1. The van der Waals surface area contributed by atoms with Crippen molar-refractivity contribution in [2.45, 2.75) is 79.2 Å². The Morgan fingerprint density at radius 2 is 1.41 bits per heavy atom. The summed E-state index contributed by atoms with van der Waals surface area (Å²) in [6.45, 7) is 13.7. The second-order valence-electron chi connectivity index (χ2n) is 7.01. The summed E-state index contributed by atoms with van der Waals surface area (Å²) in [7, 11) is 0. The zero-order valence-electron chi connectivity index (χ0n) is 12.7. The van der Waals surface area contributed by atoms with E-state index in [9.17, 15) is 4.79 Å². The van der Waals surface area contributed by atoms with Gasteiger partial charge in [-0.25, -0.2) is 0 Å². The summed E-state index contributed by atoms with van der Waals surface area (Å²) in [4.78, 5) is 11.7. The lowest BCUT2D eigenvalue weighted by molar-refractivity contribution is -0.126. The number of hydrogen-bond acceptors (Lipinski definition) is 2. The van der Waals surface area contributed by atoms with Gasteiger partial charge in [0, 0.05) is 17.4 Å². The van der Waals surface area contributed by atoms with Gasteiger partial charge < -0.3 is 5.32 Å². The summed E-state index contributed by atoms with van der Waals surface area (Å²) in [5.74, 6) is 0.394. The molecule has 0 aliphatic heterocycles. The first kappa shape index (κ1) is 16.6. The largest absolute Gasteiger partial charge is 0.312 e. The third kappa shape index (κ3) is 10.5. The van der Waals surface area contributed by atoms with Gasteiger partial charge >= 0.3 is 0 Å². The molecule has 102 valence electrons. The second kappa shape index (κ2) is 7.15. The predicted molar refractivity (Wildman–Crippen MR) is 75.3 cm³/mol. The fraction of sp³-hybridized carbons (Fsp3) is 0.933. The van der Waals surface area contributed by atoms with E-state index in [1.807, 2.05) is 20.8 Å². The van der Waals surface area contributed by atoms with Crippen molar-refractivity contribution in [3.8, 4) is 0 Å². The Labute approximate surface area is 108 Å². The highest BCUT2D eigenvalue weighted by molar-refractivity contribution is 5.83. The minimum absolute atomic E-state index is 0.159. The van der Waals surface area contributed by atoms with Gasteiger partial charge in [0.1, 0.15) is 5.78 Å². The van der Waals surface area contributed by atoms with Crippen LogP contribution in [0, 0.1) is 5.41 Å². The van der Waals surface area contributed by atoms with E-state index in [1.165, 1.54) is 19.3 Å². The lowest BCUT2D eigenvalue weighted by Gasteiger charge is -2.20. The zero-order valence-corrected chi connectivity index (χ0v) is 12.7. The van der Waals surface area contributed by atoms with E-state index < -0.39 is 0 Å². The molecule has 2 nitrogen and oxygen atoms in total. The topological polar surface area (TPSA) is 29.1 Å². The molecule has 0 aliphatic carbocycles. The van der Waals surface area contributed by atoms with Gasteiger partial charge in [-0.1, -0.05) is 33.6 Å².